The molecule has 0 aromatic heterocycles. The van der Waals surface area contributed by atoms with E-state index in [1.54, 1.807) is 13.2 Å². The van der Waals surface area contributed by atoms with Gasteiger partial charge in [-0.15, -0.1) is 0 Å². The molecule has 0 bridgehead atoms. The van der Waals surface area contributed by atoms with Gasteiger partial charge in [-0.1, -0.05) is 0 Å². The number of rotatable bonds is 4. The Bertz CT molecular complexity index is 464. The molecule has 1 aliphatic carbocycles. The van der Waals surface area contributed by atoms with Crippen molar-refractivity contribution in [3.05, 3.63) is 29.6 Å². The highest BCUT2D eigenvalue weighted by Gasteiger charge is 2.26. The third kappa shape index (κ3) is 3.23. The van der Waals surface area contributed by atoms with Crippen LogP contribution in [-0.2, 0) is 4.74 Å². The van der Waals surface area contributed by atoms with Crippen molar-refractivity contribution < 1.29 is 18.7 Å². The van der Waals surface area contributed by atoms with E-state index in [-0.39, 0.29) is 23.6 Å². The Labute approximate surface area is 111 Å². The van der Waals surface area contributed by atoms with Gasteiger partial charge in [0.2, 0.25) is 0 Å². The molecule has 19 heavy (non-hydrogen) atoms. The van der Waals surface area contributed by atoms with E-state index in [9.17, 15) is 9.18 Å². The number of nitrogens with one attached hydrogen (secondary N) is 1. The minimum atomic E-state index is -0.571. The van der Waals surface area contributed by atoms with Crippen molar-refractivity contribution in [2.24, 2.45) is 0 Å². The lowest BCUT2D eigenvalue weighted by atomic mass is 10.1. The van der Waals surface area contributed by atoms with Crippen molar-refractivity contribution in [2.45, 2.75) is 31.4 Å². The number of carbonyl (C=O) groups is 1. The molecule has 104 valence electrons. The quantitative estimate of drug-likeness (QED) is 0.909. The van der Waals surface area contributed by atoms with E-state index in [1.165, 1.54) is 19.2 Å². The van der Waals surface area contributed by atoms with Crippen molar-refractivity contribution in [3.63, 3.8) is 0 Å². The zero-order valence-corrected chi connectivity index (χ0v) is 11.1. The molecule has 2 unspecified atom stereocenters. The molecule has 2 rings (SSSR count). The monoisotopic (exact) mass is 267 g/mol. The van der Waals surface area contributed by atoms with E-state index in [0.29, 0.717) is 5.75 Å². The lowest BCUT2D eigenvalue weighted by molar-refractivity contribution is 0.0911. The highest BCUT2D eigenvalue weighted by Crippen LogP contribution is 2.22. The summed E-state index contributed by atoms with van der Waals surface area (Å²) in [5.41, 5.74) is 0.0432. The number of ether oxygens (including phenoxy) is 2. The van der Waals surface area contributed by atoms with Crippen LogP contribution in [0.2, 0.25) is 0 Å². The number of hydrogen-bond donors (Lipinski definition) is 1. The molecule has 1 aromatic rings. The predicted molar refractivity (Wildman–Crippen MR) is 68.9 cm³/mol. The molecule has 5 heteroatoms. The second kappa shape index (κ2) is 6.02. The molecule has 4 nitrogen and oxygen atoms in total. The van der Waals surface area contributed by atoms with Crippen LogP contribution in [0, 0.1) is 5.82 Å². The zero-order valence-electron chi connectivity index (χ0n) is 11.1. The van der Waals surface area contributed by atoms with E-state index >= 15 is 0 Å². The Morgan fingerprint density at radius 1 is 1.37 bits per heavy atom. The fourth-order valence-electron chi connectivity index (χ4n) is 2.36. The van der Waals surface area contributed by atoms with Gasteiger partial charge in [-0.2, -0.15) is 0 Å². The first-order chi connectivity index (χ1) is 9.13. The molecule has 2 atom stereocenters. The minimum absolute atomic E-state index is 0.0432. The fourth-order valence-corrected chi connectivity index (χ4v) is 2.36. The zero-order chi connectivity index (χ0) is 13.8. The summed E-state index contributed by atoms with van der Waals surface area (Å²) in [7, 11) is 3.12. The van der Waals surface area contributed by atoms with Gasteiger partial charge in [0.1, 0.15) is 11.6 Å². The summed E-state index contributed by atoms with van der Waals surface area (Å²) >= 11 is 0. The number of benzene rings is 1. The molecule has 0 saturated heterocycles. The third-order valence-electron chi connectivity index (χ3n) is 3.47. The maximum Gasteiger partial charge on any atom is 0.254 e. The van der Waals surface area contributed by atoms with Crippen LogP contribution in [0.4, 0.5) is 4.39 Å². The molecular formula is C14H18FNO3. The van der Waals surface area contributed by atoms with Gasteiger partial charge in [-0.25, -0.2) is 4.39 Å². The van der Waals surface area contributed by atoms with Gasteiger partial charge in [0.25, 0.3) is 5.91 Å². The van der Waals surface area contributed by atoms with Crippen molar-refractivity contribution in [1.29, 1.82) is 0 Å². The Hall–Kier alpha value is -1.62. The van der Waals surface area contributed by atoms with Gasteiger partial charge in [0.15, 0.2) is 0 Å². The van der Waals surface area contributed by atoms with E-state index in [2.05, 4.69) is 5.32 Å². The Morgan fingerprint density at radius 3 is 2.74 bits per heavy atom. The highest BCUT2D eigenvalue weighted by molar-refractivity contribution is 5.94. The maximum atomic E-state index is 13.7. The first kappa shape index (κ1) is 13.8. The predicted octanol–water partition coefficient (Wildman–Crippen LogP) is 2.13. The van der Waals surface area contributed by atoms with Crippen LogP contribution in [0.15, 0.2) is 18.2 Å². The smallest absolute Gasteiger partial charge is 0.254 e. The average molecular weight is 267 g/mol. The lowest BCUT2D eigenvalue weighted by Crippen LogP contribution is -2.33. The third-order valence-corrected chi connectivity index (χ3v) is 3.47. The summed E-state index contributed by atoms with van der Waals surface area (Å²) in [5, 5.41) is 2.84. The SMILES string of the molecule is COc1ccc(C(=O)NC2CCC(OC)C2)c(F)c1. The average Bonchev–Trinajstić information content (AvgIpc) is 2.86. The summed E-state index contributed by atoms with van der Waals surface area (Å²) in [6.07, 6.45) is 2.75. The first-order valence-electron chi connectivity index (χ1n) is 6.31. The van der Waals surface area contributed by atoms with Gasteiger partial charge < -0.3 is 14.8 Å². The van der Waals surface area contributed by atoms with E-state index in [4.69, 9.17) is 9.47 Å². The van der Waals surface area contributed by atoms with Crippen LogP contribution in [0.25, 0.3) is 0 Å². The number of carbonyl (C=O) groups excluding carboxylic acids is 1. The summed E-state index contributed by atoms with van der Waals surface area (Å²) in [6, 6.07) is 4.28. The van der Waals surface area contributed by atoms with Crippen molar-refractivity contribution in [3.8, 4) is 5.75 Å². The standard InChI is InChI=1S/C14H18FNO3/c1-18-10-4-3-9(7-10)16-14(17)12-6-5-11(19-2)8-13(12)15/h5-6,8-10H,3-4,7H2,1-2H3,(H,16,17). The van der Waals surface area contributed by atoms with Gasteiger partial charge in [-0.3, -0.25) is 4.79 Å². The summed E-state index contributed by atoms with van der Waals surface area (Å²) < 4.78 is 23.9. The molecule has 1 fully saturated rings. The summed E-state index contributed by atoms with van der Waals surface area (Å²) in [6.45, 7) is 0. The molecule has 0 spiro atoms. The normalized spacial score (nSPS) is 22.3. The lowest BCUT2D eigenvalue weighted by Gasteiger charge is -2.13. The second-order valence-electron chi connectivity index (χ2n) is 4.69. The highest BCUT2D eigenvalue weighted by atomic mass is 19.1. The van der Waals surface area contributed by atoms with Crippen molar-refractivity contribution >= 4 is 5.91 Å². The van der Waals surface area contributed by atoms with Crippen LogP contribution in [-0.4, -0.2) is 32.3 Å². The Balaban J connectivity index is 2.00. The van der Waals surface area contributed by atoms with E-state index in [0.717, 1.165) is 19.3 Å². The molecule has 1 aliphatic rings. The summed E-state index contributed by atoms with van der Waals surface area (Å²) in [4.78, 5) is 12.0. The van der Waals surface area contributed by atoms with Crippen molar-refractivity contribution in [1.82, 2.24) is 5.32 Å². The second-order valence-corrected chi connectivity index (χ2v) is 4.69. The van der Waals surface area contributed by atoms with Crippen LogP contribution in [0.3, 0.4) is 0 Å². The Kier molecular flexibility index (Phi) is 4.37. The molecule has 1 saturated carbocycles. The molecule has 0 aliphatic heterocycles. The van der Waals surface area contributed by atoms with Gasteiger partial charge in [-0.05, 0) is 31.4 Å². The van der Waals surface area contributed by atoms with E-state index < -0.39 is 5.82 Å². The minimum Gasteiger partial charge on any atom is -0.497 e. The largest absolute Gasteiger partial charge is 0.497 e. The van der Waals surface area contributed by atoms with Gasteiger partial charge >= 0.3 is 0 Å². The topological polar surface area (TPSA) is 47.6 Å². The summed E-state index contributed by atoms with van der Waals surface area (Å²) in [5.74, 6) is -0.561. The van der Waals surface area contributed by atoms with Crippen molar-refractivity contribution in [2.75, 3.05) is 14.2 Å². The molecule has 1 N–H and O–H groups in total. The molecule has 0 radical (unpaired) electrons. The maximum absolute atomic E-state index is 13.7. The van der Waals surface area contributed by atoms with E-state index in [1.807, 2.05) is 0 Å². The number of hydrogen-bond acceptors (Lipinski definition) is 3. The Morgan fingerprint density at radius 2 is 2.16 bits per heavy atom. The number of methoxy groups -OCH3 is 2. The van der Waals surface area contributed by atoms with Gasteiger partial charge in [0, 0.05) is 19.2 Å². The van der Waals surface area contributed by atoms with Gasteiger partial charge in [0.05, 0.1) is 18.8 Å². The molecule has 1 aromatic carbocycles. The van der Waals surface area contributed by atoms with Crippen LogP contribution in [0.1, 0.15) is 29.6 Å². The van der Waals surface area contributed by atoms with Crippen LogP contribution in [0.5, 0.6) is 5.75 Å². The first-order valence-corrected chi connectivity index (χ1v) is 6.31. The molecule has 0 heterocycles. The van der Waals surface area contributed by atoms with Crippen LogP contribution >= 0.6 is 0 Å². The fraction of sp³-hybridized carbons (Fsp3) is 0.500. The number of amides is 1. The van der Waals surface area contributed by atoms with Crippen LogP contribution < -0.4 is 10.1 Å². The number of halogens is 1. The molecular weight excluding hydrogens is 249 g/mol. The molecule has 1 amide bonds.